The van der Waals surface area contributed by atoms with Crippen LogP contribution in [0, 0.1) is 16.0 Å². The average Bonchev–Trinajstić information content (AvgIpc) is 3.20. The Morgan fingerprint density at radius 2 is 1.89 bits per heavy atom. The number of carbonyl (C=O) groups excluding carboxylic acids is 3. The number of amides is 2. The Bertz CT molecular complexity index is 1150. The summed E-state index contributed by atoms with van der Waals surface area (Å²) in [5.41, 5.74) is -1.22. The third-order valence-electron chi connectivity index (χ3n) is 5.55. The number of nitro groups is 1. The van der Waals surface area contributed by atoms with Crippen LogP contribution in [0.3, 0.4) is 0 Å². The lowest BCUT2D eigenvalue weighted by atomic mass is 10.1. The molecule has 0 aromatic heterocycles. The molecule has 2 atom stereocenters. The van der Waals surface area contributed by atoms with Crippen molar-refractivity contribution in [3.05, 3.63) is 63.7 Å². The monoisotopic (exact) mass is 493 g/mol. The highest BCUT2D eigenvalue weighted by Gasteiger charge is 2.38. The van der Waals surface area contributed by atoms with E-state index >= 15 is 0 Å². The van der Waals surface area contributed by atoms with Crippen LogP contribution in [0.15, 0.2) is 42.5 Å². The van der Waals surface area contributed by atoms with E-state index in [9.17, 15) is 37.7 Å². The second-order valence-corrected chi connectivity index (χ2v) is 7.98. The van der Waals surface area contributed by atoms with Crippen LogP contribution in [-0.2, 0) is 31.7 Å². The van der Waals surface area contributed by atoms with E-state index in [1.807, 2.05) is 24.4 Å². The fourth-order valence-electron chi connectivity index (χ4n) is 3.57. The molecule has 0 aliphatic carbocycles. The SMILES string of the molecule is CCc1ccc(N2CC(C(=O)OC(C)C(=O)Nc3ccc([N+](=O)[O-])cc3C(F)(F)F)CC2=O)cc1. The number of aryl methyl sites for hydroxylation is 1. The molecule has 0 radical (unpaired) electrons. The summed E-state index contributed by atoms with van der Waals surface area (Å²) in [6.07, 6.45) is -5.76. The van der Waals surface area contributed by atoms with Gasteiger partial charge in [-0.15, -0.1) is 0 Å². The van der Waals surface area contributed by atoms with Crippen molar-refractivity contribution < 1.29 is 37.2 Å². The highest BCUT2D eigenvalue weighted by Crippen LogP contribution is 2.37. The molecule has 0 bridgehead atoms. The number of non-ortho nitro benzene ring substituents is 1. The number of carbonyl (C=O) groups is 3. The van der Waals surface area contributed by atoms with Gasteiger partial charge in [0.1, 0.15) is 0 Å². The van der Waals surface area contributed by atoms with Gasteiger partial charge in [0, 0.05) is 30.8 Å². The zero-order valence-corrected chi connectivity index (χ0v) is 18.8. The first-order valence-electron chi connectivity index (χ1n) is 10.7. The minimum absolute atomic E-state index is 0.0397. The lowest BCUT2D eigenvalue weighted by molar-refractivity contribution is -0.385. The second-order valence-electron chi connectivity index (χ2n) is 7.98. The van der Waals surface area contributed by atoms with Gasteiger partial charge in [0.05, 0.1) is 22.1 Å². The zero-order chi connectivity index (χ0) is 25.9. The Labute approximate surface area is 198 Å². The number of anilines is 2. The van der Waals surface area contributed by atoms with Gasteiger partial charge in [-0.05, 0) is 37.1 Å². The molecule has 1 heterocycles. The molecule has 0 saturated carbocycles. The maximum Gasteiger partial charge on any atom is 0.418 e. The van der Waals surface area contributed by atoms with E-state index in [4.69, 9.17) is 4.74 Å². The van der Waals surface area contributed by atoms with Crippen LogP contribution in [0.4, 0.5) is 30.2 Å². The average molecular weight is 493 g/mol. The molecule has 1 aliphatic heterocycles. The highest BCUT2D eigenvalue weighted by atomic mass is 19.4. The van der Waals surface area contributed by atoms with Crippen LogP contribution in [-0.4, -0.2) is 35.4 Å². The Morgan fingerprint density at radius 1 is 1.23 bits per heavy atom. The smallest absolute Gasteiger partial charge is 0.418 e. The van der Waals surface area contributed by atoms with Gasteiger partial charge in [-0.2, -0.15) is 13.2 Å². The molecule has 2 aromatic rings. The van der Waals surface area contributed by atoms with Crippen molar-refractivity contribution in [3.8, 4) is 0 Å². The third kappa shape index (κ3) is 5.94. The Kier molecular flexibility index (Phi) is 7.42. The molecule has 35 heavy (non-hydrogen) atoms. The minimum atomic E-state index is -4.97. The summed E-state index contributed by atoms with van der Waals surface area (Å²) in [5, 5.41) is 12.8. The predicted molar refractivity (Wildman–Crippen MR) is 119 cm³/mol. The summed E-state index contributed by atoms with van der Waals surface area (Å²) in [4.78, 5) is 48.6. The summed E-state index contributed by atoms with van der Waals surface area (Å²) in [6, 6.07) is 9.14. The number of hydrogen-bond acceptors (Lipinski definition) is 6. The molecular formula is C23H22F3N3O6. The highest BCUT2D eigenvalue weighted by molar-refractivity contribution is 6.00. The van der Waals surface area contributed by atoms with Crippen molar-refractivity contribution in [1.82, 2.24) is 0 Å². The number of alkyl halides is 3. The zero-order valence-electron chi connectivity index (χ0n) is 18.8. The Morgan fingerprint density at radius 3 is 2.46 bits per heavy atom. The van der Waals surface area contributed by atoms with Gasteiger partial charge in [0.25, 0.3) is 11.6 Å². The van der Waals surface area contributed by atoms with Gasteiger partial charge in [0.15, 0.2) is 6.10 Å². The lowest BCUT2D eigenvalue weighted by Gasteiger charge is -2.19. The van der Waals surface area contributed by atoms with Crippen LogP contribution < -0.4 is 10.2 Å². The van der Waals surface area contributed by atoms with E-state index in [2.05, 4.69) is 0 Å². The Balaban J connectivity index is 1.65. The molecular weight excluding hydrogens is 471 g/mol. The third-order valence-corrected chi connectivity index (χ3v) is 5.55. The number of nitrogens with zero attached hydrogens (tertiary/aromatic N) is 2. The van der Waals surface area contributed by atoms with Crippen LogP contribution in [0.2, 0.25) is 0 Å². The van der Waals surface area contributed by atoms with Gasteiger partial charge in [-0.25, -0.2) is 0 Å². The first kappa shape index (κ1) is 25.7. The second kappa shape index (κ2) is 10.1. The normalized spacial score (nSPS) is 16.7. The van der Waals surface area contributed by atoms with Crippen molar-refractivity contribution in [3.63, 3.8) is 0 Å². The van der Waals surface area contributed by atoms with Crippen molar-refractivity contribution in [2.45, 2.75) is 39.0 Å². The number of ether oxygens (including phenoxy) is 1. The number of halogens is 3. The standard InChI is InChI=1S/C23H22F3N3O6/c1-3-14-4-6-16(7-5-14)28-12-15(10-20(28)30)22(32)35-13(2)21(31)27-19-9-8-17(29(33)34)11-18(19)23(24,25)26/h4-9,11,13,15H,3,10,12H2,1-2H3,(H,27,31). The lowest BCUT2D eigenvalue weighted by Crippen LogP contribution is -2.33. The summed E-state index contributed by atoms with van der Waals surface area (Å²) >= 11 is 0. The first-order chi connectivity index (χ1) is 16.4. The first-order valence-corrected chi connectivity index (χ1v) is 10.7. The quantitative estimate of drug-likeness (QED) is 0.352. The fraction of sp³-hybridized carbons (Fsp3) is 0.348. The summed E-state index contributed by atoms with van der Waals surface area (Å²) in [6.45, 7) is 3.20. The maximum atomic E-state index is 13.3. The van der Waals surface area contributed by atoms with Crippen LogP contribution in [0.5, 0.6) is 0 Å². The number of rotatable bonds is 7. The molecule has 1 aliphatic rings. The van der Waals surface area contributed by atoms with Gasteiger partial charge in [0.2, 0.25) is 5.91 Å². The number of esters is 1. The molecule has 3 rings (SSSR count). The summed E-state index contributed by atoms with van der Waals surface area (Å²) in [7, 11) is 0. The number of nitro benzene ring substituents is 1. The number of nitrogens with one attached hydrogen (secondary N) is 1. The molecule has 2 unspecified atom stereocenters. The van der Waals surface area contributed by atoms with Gasteiger partial charge < -0.3 is 15.0 Å². The number of benzene rings is 2. The molecule has 1 saturated heterocycles. The molecule has 9 nitrogen and oxygen atoms in total. The van der Waals surface area contributed by atoms with E-state index in [-0.39, 0.29) is 18.9 Å². The van der Waals surface area contributed by atoms with E-state index < -0.39 is 51.9 Å². The van der Waals surface area contributed by atoms with E-state index in [1.165, 1.54) is 11.8 Å². The van der Waals surface area contributed by atoms with E-state index in [0.717, 1.165) is 24.1 Å². The fourth-order valence-corrected chi connectivity index (χ4v) is 3.57. The molecule has 2 aromatic carbocycles. The van der Waals surface area contributed by atoms with Crippen molar-refractivity contribution in [1.29, 1.82) is 0 Å². The maximum absolute atomic E-state index is 13.3. The van der Waals surface area contributed by atoms with Crippen molar-refractivity contribution in [2.75, 3.05) is 16.8 Å². The molecule has 186 valence electrons. The molecule has 2 amide bonds. The Hall–Kier alpha value is -3.96. The van der Waals surface area contributed by atoms with Gasteiger partial charge in [-0.1, -0.05) is 19.1 Å². The molecule has 12 heteroatoms. The number of hydrogen-bond donors (Lipinski definition) is 1. The summed E-state index contributed by atoms with van der Waals surface area (Å²) < 4.78 is 45.1. The van der Waals surface area contributed by atoms with Crippen molar-refractivity contribution in [2.24, 2.45) is 5.92 Å². The van der Waals surface area contributed by atoms with Crippen LogP contribution in [0.25, 0.3) is 0 Å². The summed E-state index contributed by atoms with van der Waals surface area (Å²) in [5.74, 6) is -3.05. The van der Waals surface area contributed by atoms with Crippen LogP contribution >= 0.6 is 0 Å². The van der Waals surface area contributed by atoms with Gasteiger partial charge in [-0.3, -0.25) is 24.5 Å². The molecule has 0 spiro atoms. The van der Waals surface area contributed by atoms with Gasteiger partial charge >= 0.3 is 12.1 Å². The largest absolute Gasteiger partial charge is 0.452 e. The predicted octanol–water partition coefficient (Wildman–Crippen LogP) is 4.10. The molecule has 1 N–H and O–H groups in total. The topological polar surface area (TPSA) is 119 Å². The minimum Gasteiger partial charge on any atom is -0.452 e. The van der Waals surface area contributed by atoms with E-state index in [1.54, 1.807) is 12.1 Å². The van der Waals surface area contributed by atoms with E-state index in [0.29, 0.717) is 11.8 Å². The van der Waals surface area contributed by atoms with Crippen molar-refractivity contribution >= 4 is 34.8 Å². The molecule has 1 fully saturated rings. The van der Waals surface area contributed by atoms with Crippen LogP contribution in [0.1, 0.15) is 31.4 Å².